The second-order valence-electron chi connectivity index (χ2n) is 6.26. The molecule has 0 amide bonds. The van der Waals surface area contributed by atoms with Crippen LogP contribution in [0.15, 0.2) is 18.3 Å². The van der Waals surface area contributed by atoms with Crippen LogP contribution in [0.2, 0.25) is 0 Å². The average Bonchev–Trinajstić information content (AvgIpc) is 2.43. The lowest BCUT2D eigenvalue weighted by Gasteiger charge is -2.28. The van der Waals surface area contributed by atoms with E-state index >= 15 is 0 Å². The predicted molar refractivity (Wildman–Crippen MR) is 86.8 cm³/mol. The molecule has 1 N–H and O–H groups in total. The first-order chi connectivity index (χ1) is 9.93. The summed E-state index contributed by atoms with van der Waals surface area (Å²) in [6, 6.07) is 4.02. The summed E-state index contributed by atoms with van der Waals surface area (Å²) in [5, 5.41) is 3.44. The van der Waals surface area contributed by atoms with Gasteiger partial charge in [0.25, 0.3) is 0 Å². The van der Waals surface area contributed by atoms with Crippen LogP contribution in [0, 0.1) is 11.7 Å². The fourth-order valence-corrected chi connectivity index (χ4v) is 2.61. The molecule has 0 aliphatic heterocycles. The molecule has 0 aliphatic carbocycles. The third-order valence-corrected chi connectivity index (χ3v) is 3.89. The van der Waals surface area contributed by atoms with E-state index in [4.69, 9.17) is 0 Å². The van der Waals surface area contributed by atoms with E-state index in [0.29, 0.717) is 12.0 Å². The largest absolute Gasteiger partial charge is 0.309 e. The zero-order valence-electron chi connectivity index (χ0n) is 14.1. The third-order valence-electron chi connectivity index (χ3n) is 3.89. The minimum Gasteiger partial charge on any atom is -0.309 e. The van der Waals surface area contributed by atoms with Crippen molar-refractivity contribution in [3.05, 3.63) is 29.8 Å². The monoisotopic (exact) mass is 295 g/mol. The smallest absolute Gasteiger partial charge is 0.141 e. The Hall–Kier alpha value is -1.00. The Kier molecular flexibility index (Phi) is 7.83. The van der Waals surface area contributed by atoms with Gasteiger partial charge in [0.05, 0.1) is 17.9 Å². The molecule has 0 aromatic carbocycles. The maximum absolute atomic E-state index is 13.0. The Labute approximate surface area is 129 Å². The van der Waals surface area contributed by atoms with Crippen molar-refractivity contribution in [3.63, 3.8) is 0 Å². The van der Waals surface area contributed by atoms with E-state index in [1.54, 1.807) is 6.07 Å². The fourth-order valence-electron chi connectivity index (χ4n) is 2.61. The Balaban J connectivity index is 2.56. The highest BCUT2D eigenvalue weighted by molar-refractivity contribution is 5.10. The van der Waals surface area contributed by atoms with Crippen molar-refractivity contribution < 1.29 is 4.39 Å². The summed E-state index contributed by atoms with van der Waals surface area (Å²) in [5.74, 6) is 0.433. The summed E-state index contributed by atoms with van der Waals surface area (Å²) < 4.78 is 13.0. The Morgan fingerprint density at radius 3 is 2.52 bits per heavy atom. The molecule has 3 nitrogen and oxygen atoms in total. The van der Waals surface area contributed by atoms with Gasteiger partial charge in [0.2, 0.25) is 0 Å². The van der Waals surface area contributed by atoms with Gasteiger partial charge in [0.15, 0.2) is 0 Å². The molecule has 2 unspecified atom stereocenters. The predicted octanol–water partition coefficient (Wildman–Crippen LogP) is 3.63. The number of aromatic nitrogens is 1. The van der Waals surface area contributed by atoms with Gasteiger partial charge in [-0.2, -0.15) is 0 Å². The molecule has 0 saturated carbocycles. The Morgan fingerprint density at radius 1 is 1.29 bits per heavy atom. The van der Waals surface area contributed by atoms with Crippen molar-refractivity contribution in [3.8, 4) is 0 Å². The highest BCUT2D eigenvalue weighted by atomic mass is 19.1. The number of halogens is 1. The van der Waals surface area contributed by atoms with Gasteiger partial charge >= 0.3 is 0 Å². The Morgan fingerprint density at radius 2 is 2.00 bits per heavy atom. The topological polar surface area (TPSA) is 28.2 Å². The zero-order valence-corrected chi connectivity index (χ0v) is 14.1. The van der Waals surface area contributed by atoms with Crippen molar-refractivity contribution in [1.29, 1.82) is 0 Å². The first kappa shape index (κ1) is 18.1. The molecule has 1 rings (SSSR count). The van der Waals surface area contributed by atoms with E-state index in [-0.39, 0.29) is 11.9 Å². The van der Waals surface area contributed by atoms with Crippen LogP contribution in [0.25, 0.3) is 0 Å². The number of hydrogen-bond acceptors (Lipinski definition) is 3. The third kappa shape index (κ3) is 6.53. The fraction of sp³-hybridized carbons (Fsp3) is 0.706. The molecule has 0 bridgehead atoms. The van der Waals surface area contributed by atoms with E-state index < -0.39 is 0 Å². The number of nitrogens with one attached hydrogen (secondary N) is 1. The summed E-state index contributed by atoms with van der Waals surface area (Å²) in [6.45, 7) is 10.8. The van der Waals surface area contributed by atoms with E-state index in [2.05, 4.69) is 49.9 Å². The van der Waals surface area contributed by atoms with Crippen LogP contribution in [-0.2, 0) is 0 Å². The number of pyridine rings is 1. The van der Waals surface area contributed by atoms with Crippen LogP contribution in [0.1, 0.15) is 52.3 Å². The van der Waals surface area contributed by atoms with Crippen molar-refractivity contribution in [2.75, 3.05) is 20.1 Å². The quantitative estimate of drug-likeness (QED) is 0.754. The molecule has 1 aromatic heterocycles. The van der Waals surface area contributed by atoms with Crippen molar-refractivity contribution >= 4 is 0 Å². The maximum Gasteiger partial charge on any atom is 0.141 e. The van der Waals surface area contributed by atoms with Crippen LogP contribution in [0.5, 0.6) is 0 Å². The SMILES string of the molecule is CCNC(CCN(C)C(C)CC(C)C)c1ccc(F)cn1. The molecule has 0 aliphatic rings. The van der Waals surface area contributed by atoms with Crippen LogP contribution in [-0.4, -0.2) is 36.1 Å². The van der Waals surface area contributed by atoms with E-state index in [0.717, 1.165) is 25.2 Å². The van der Waals surface area contributed by atoms with Gasteiger partial charge in [-0.1, -0.05) is 20.8 Å². The molecular formula is C17H30FN3. The lowest BCUT2D eigenvalue weighted by atomic mass is 10.0. The molecule has 21 heavy (non-hydrogen) atoms. The molecular weight excluding hydrogens is 265 g/mol. The summed E-state index contributed by atoms with van der Waals surface area (Å²) in [6.07, 6.45) is 3.48. The van der Waals surface area contributed by atoms with E-state index in [1.165, 1.54) is 18.7 Å². The summed E-state index contributed by atoms with van der Waals surface area (Å²) in [4.78, 5) is 6.61. The molecule has 4 heteroatoms. The van der Waals surface area contributed by atoms with Gasteiger partial charge < -0.3 is 10.2 Å². The normalized spacial score (nSPS) is 14.7. The number of rotatable bonds is 9. The summed E-state index contributed by atoms with van der Waals surface area (Å²) >= 11 is 0. The van der Waals surface area contributed by atoms with Gasteiger partial charge in [0.1, 0.15) is 5.82 Å². The lowest BCUT2D eigenvalue weighted by Crippen LogP contribution is -2.34. The number of hydrogen-bond donors (Lipinski definition) is 1. The second kappa shape index (κ2) is 9.11. The lowest BCUT2D eigenvalue weighted by molar-refractivity contribution is 0.216. The van der Waals surface area contributed by atoms with Crippen LogP contribution in [0.4, 0.5) is 4.39 Å². The van der Waals surface area contributed by atoms with E-state index in [1.807, 2.05) is 0 Å². The first-order valence-electron chi connectivity index (χ1n) is 7.99. The highest BCUT2D eigenvalue weighted by Crippen LogP contribution is 2.17. The van der Waals surface area contributed by atoms with Gasteiger partial charge in [-0.25, -0.2) is 4.39 Å². The van der Waals surface area contributed by atoms with Crippen molar-refractivity contribution in [2.45, 2.75) is 52.6 Å². The molecule has 1 aromatic rings. The standard InChI is InChI=1S/C17H30FN3/c1-6-19-17(16-8-7-15(18)12-20-16)9-10-21(5)14(4)11-13(2)3/h7-8,12-14,17,19H,6,9-11H2,1-5H3. The van der Waals surface area contributed by atoms with E-state index in [9.17, 15) is 4.39 Å². The summed E-state index contributed by atoms with van der Waals surface area (Å²) in [5.41, 5.74) is 0.920. The molecule has 2 atom stereocenters. The van der Waals surface area contributed by atoms with Crippen LogP contribution < -0.4 is 5.32 Å². The maximum atomic E-state index is 13.0. The van der Waals surface area contributed by atoms with Crippen molar-refractivity contribution in [1.82, 2.24) is 15.2 Å². The number of nitrogens with zero attached hydrogens (tertiary/aromatic N) is 2. The van der Waals surface area contributed by atoms with Crippen molar-refractivity contribution in [2.24, 2.45) is 5.92 Å². The molecule has 0 spiro atoms. The molecule has 120 valence electrons. The highest BCUT2D eigenvalue weighted by Gasteiger charge is 2.16. The molecule has 0 fully saturated rings. The zero-order chi connectivity index (χ0) is 15.8. The van der Waals surface area contributed by atoms with Gasteiger partial charge in [0, 0.05) is 6.04 Å². The Bertz CT molecular complexity index is 392. The average molecular weight is 295 g/mol. The molecule has 0 saturated heterocycles. The summed E-state index contributed by atoms with van der Waals surface area (Å²) in [7, 11) is 2.17. The van der Waals surface area contributed by atoms with Gasteiger partial charge in [-0.05, 0) is 58.0 Å². The van der Waals surface area contributed by atoms with Crippen LogP contribution >= 0.6 is 0 Å². The minimum absolute atomic E-state index is 0.185. The van der Waals surface area contributed by atoms with Gasteiger partial charge in [-0.3, -0.25) is 4.98 Å². The minimum atomic E-state index is -0.281. The van der Waals surface area contributed by atoms with Crippen LogP contribution in [0.3, 0.4) is 0 Å². The molecule has 0 radical (unpaired) electrons. The first-order valence-corrected chi connectivity index (χ1v) is 7.99. The second-order valence-corrected chi connectivity index (χ2v) is 6.26. The van der Waals surface area contributed by atoms with Gasteiger partial charge in [-0.15, -0.1) is 0 Å². The molecule has 1 heterocycles.